The summed E-state index contributed by atoms with van der Waals surface area (Å²) in [4.78, 5) is 17.6. The van der Waals surface area contributed by atoms with E-state index < -0.39 is 5.97 Å². The Morgan fingerprint density at radius 3 is 2.64 bits per heavy atom. The zero-order chi connectivity index (χ0) is 19.7. The van der Waals surface area contributed by atoms with E-state index in [1.807, 2.05) is 30.3 Å². The predicted octanol–water partition coefficient (Wildman–Crippen LogP) is 4.03. The molecule has 1 aromatic carbocycles. The largest absolute Gasteiger partial charge is 0.478 e. The minimum Gasteiger partial charge on any atom is -0.478 e. The van der Waals surface area contributed by atoms with Gasteiger partial charge in [0.05, 0.1) is 17.3 Å². The van der Waals surface area contributed by atoms with Crippen molar-refractivity contribution < 1.29 is 14.3 Å². The highest BCUT2D eigenvalue weighted by Gasteiger charge is 2.40. The van der Waals surface area contributed by atoms with Crippen molar-refractivity contribution in [1.29, 1.82) is 0 Å². The zero-order valence-electron chi connectivity index (χ0n) is 15.2. The molecule has 0 radical (unpaired) electrons. The lowest BCUT2D eigenvalue weighted by atomic mass is 10.0. The number of hydrogen-bond donors (Lipinski definition) is 2. The number of nitrogens with zero attached hydrogens (tertiary/aromatic N) is 2. The topological polar surface area (TPSA) is 78.6 Å². The Labute approximate surface area is 167 Å². The van der Waals surface area contributed by atoms with Crippen LogP contribution in [-0.4, -0.2) is 32.6 Å². The maximum absolute atomic E-state index is 11.0. The number of nitrogens with one attached hydrogen (secondary N) is 1. The van der Waals surface area contributed by atoms with Crippen molar-refractivity contribution in [1.82, 2.24) is 15.2 Å². The normalized spacial score (nSPS) is 18.9. The van der Waals surface area contributed by atoms with Gasteiger partial charge in [0.15, 0.2) is 5.11 Å². The molecule has 1 aliphatic rings. The summed E-state index contributed by atoms with van der Waals surface area (Å²) in [5.74, 6) is 0.511. The van der Waals surface area contributed by atoms with Crippen LogP contribution in [0.3, 0.4) is 0 Å². The SMILES string of the molecule is CCN1C(=S)N[C@@H](c2ccccn2)[C@@H]1c1ccc(-c2ccc(C(=O)O)cc2)o1. The molecule has 1 fully saturated rings. The molecule has 0 bridgehead atoms. The molecule has 2 atom stereocenters. The van der Waals surface area contributed by atoms with Gasteiger partial charge in [-0.1, -0.05) is 18.2 Å². The fraction of sp³-hybridized carbons (Fsp3) is 0.190. The van der Waals surface area contributed by atoms with Crippen LogP contribution in [0, 0.1) is 0 Å². The van der Waals surface area contributed by atoms with Crippen molar-refractivity contribution >= 4 is 23.3 Å². The van der Waals surface area contributed by atoms with Crippen molar-refractivity contribution in [2.75, 3.05) is 6.54 Å². The Morgan fingerprint density at radius 2 is 2.00 bits per heavy atom. The average Bonchev–Trinajstić information content (AvgIpc) is 3.33. The van der Waals surface area contributed by atoms with Crippen LogP contribution < -0.4 is 5.32 Å². The summed E-state index contributed by atoms with van der Waals surface area (Å²) in [5, 5.41) is 13.1. The lowest BCUT2D eigenvalue weighted by molar-refractivity contribution is 0.0697. The highest BCUT2D eigenvalue weighted by atomic mass is 32.1. The fourth-order valence-electron chi connectivity index (χ4n) is 3.50. The molecule has 2 N–H and O–H groups in total. The third-order valence-corrected chi connectivity index (χ3v) is 5.23. The molecule has 142 valence electrons. The van der Waals surface area contributed by atoms with Gasteiger partial charge in [0.2, 0.25) is 0 Å². The van der Waals surface area contributed by atoms with Gasteiger partial charge in [0.25, 0.3) is 0 Å². The number of furan rings is 1. The van der Waals surface area contributed by atoms with Crippen molar-refractivity contribution in [2.45, 2.75) is 19.0 Å². The van der Waals surface area contributed by atoms with Crippen LogP contribution in [0.5, 0.6) is 0 Å². The van der Waals surface area contributed by atoms with Crippen LogP contribution in [0.25, 0.3) is 11.3 Å². The smallest absolute Gasteiger partial charge is 0.335 e. The number of benzene rings is 1. The molecule has 2 aromatic heterocycles. The van der Waals surface area contributed by atoms with Crippen molar-refractivity contribution in [3.8, 4) is 11.3 Å². The van der Waals surface area contributed by atoms with Crippen molar-refractivity contribution in [3.05, 3.63) is 77.8 Å². The second kappa shape index (κ2) is 7.44. The summed E-state index contributed by atoms with van der Waals surface area (Å²) in [7, 11) is 0. The van der Waals surface area contributed by atoms with E-state index in [2.05, 4.69) is 22.1 Å². The third-order valence-electron chi connectivity index (χ3n) is 4.87. The van der Waals surface area contributed by atoms with Gasteiger partial charge >= 0.3 is 5.97 Å². The van der Waals surface area contributed by atoms with Crippen LogP contribution in [0.2, 0.25) is 0 Å². The van der Waals surface area contributed by atoms with E-state index >= 15 is 0 Å². The molecule has 0 saturated carbocycles. The van der Waals surface area contributed by atoms with E-state index in [1.165, 1.54) is 0 Å². The number of carbonyl (C=O) groups is 1. The first-order valence-corrected chi connectivity index (χ1v) is 9.41. The number of carboxylic acids is 1. The minimum absolute atomic E-state index is 0.109. The maximum Gasteiger partial charge on any atom is 0.335 e. The molecule has 1 aliphatic heterocycles. The molecule has 4 rings (SSSR count). The molecule has 3 heterocycles. The lowest BCUT2D eigenvalue weighted by Crippen LogP contribution is -2.29. The van der Waals surface area contributed by atoms with Gasteiger partial charge in [0, 0.05) is 18.3 Å². The van der Waals surface area contributed by atoms with Gasteiger partial charge in [-0.25, -0.2) is 4.79 Å². The number of rotatable bonds is 5. The van der Waals surface area contributed by atoms with E-state index in [0.29, 0.717) is 10.9 Å². The van der Waals surface area contributed by atoms with Crippen molar-refractivity contribution in [2.24, 2.45) is 0 Å². The van der Waals surface area contributed by atoms with Gasteiger partial charge in [-0.05, 0) is 55.5 Å². The van der Waals surface area contributed by atoms with Crippen molar-refractivity contribution in [3.63, 3.8) is 0 Å². The number of aromatic nitrogens is 1. The Kier molecular flexibility index (Phi) is 4.83. The molecular weight excluding hydrogens is 374 g/mol. The fourth-order valence-corrected chi connectivity index (χ4v) is 3.87. The maximum atomic E-state index is 11.0. The number of likely N-dealkylation sites (N-methyl/N-ethyl adjacent to an activating group) is 1. The van der Waals surface area contributed by atoms with E-state index in [4.69, 9.17) is 21.7 Å². The van der Waals surface area contributed by atoms with E-state index in [9.17, 15) is 4.79 Å². The van der Waals surface area contributed by atoms with Gasteiger partial charge < -0.3 is 19.7 Å². The van der Waals surface area contributed by atoms with Crippen LogP contribution >= 0.6 is 12.2 Å². The zero-order valence-corrected chi connectivity index (χ0v) is 16.0. The van der Waals surface area contributed by atoms with Crippen LogP contribution in [-0.2, 0) is 0 Å². The van der Waals surface area contributed by atoms with Crippen LogP contribution in [0.1, 0.15) is 40.8 Å². The molecule has 1 saturated heterocycles. The summed E-state index contributed by atoms with van der Waals surface area (Å²) in [5.41, 5.74) is 1.96. The second-order valence-electron chi connectivity index (χ2n) is 6.50. The Hall–Kier alpha value is -3.19. The van der Waals surface area contributed by atoms with E-state index in [0.717, 1.165) is 23.6 Å². The molecular formula is C21H19N3O3S. The molecule has 28 heavy (non-hydrogen) atoms. The first-order valence-electron chi connectivity index (χ1n) is 9.00. The number of carboxylic acid groups (broad SMARTS) is 1. The van der Waals surface area contributed by atoms with Gasteiger partial charge in [-0.15, -0.1) is 0 Å². The predicted molar refractivity (Wildman–Crippen MR) is 109 cm³/mol. The minimum atomic E-state index is -0.950. The molecule has 0 aliphatic carbocycles. The molecule has 3 aromatic rings. The molecule has 6 nitrogen and oxygen atoms in total. The Morgan fingerprint density at radius 1 is 1.21 bits per heavy atom. The number of thiocarbonyl (C=S) groups is 1. The first kappa shape index (κ1) is 18.2. The Balaban J connectivity index is 1.68. The van der Waals surface area contributed by atoms with Crippen LogP contribution in [0.4, 0.5) is 0 Å². The average molecular weight is 393 g/mol. The molecule has 7 heteroatoms. The number of aromatic carboxylic acids is 1. The third kappa shape index (κ3) is 3.25. The second-order valence-corrected chi connectivity index (χ2v) is 6.88. The Bertz CT molecular complexity index is 1000. The number of hydrogen-bond acceptors (Lipinski definition) is 4. The lowest BCUT2D eigenvalue weighted by Gasteiger charge is -2.24. The molecule has 0 unspecified atom stereocenters. The van der Waals surface area contributed by atoms with Crippen LogP contribution in [0.15, 0.2) is 65.2 Å². The van der Waals surface area contributed by atoms with E-state index in [-0.39, 0.29) is 17.6 Å². The van der Waals surface area contributed by atoms with Gasteiger partial charge in [0.1, 0.15) is 17.6 Å². The first-order chi connectivity index (χ1) is 13.6. The summed E-state index contributed by atoms with van der Waals surface area (Å²) >= 11 is 5.52. The summed E-state index contributed by atoms with van der Waals surface area (Å²) in [6, 6.07) is 16.1. The quantitative estimate of drug-likeness (QED) is 0.634. The standard InChI is InChI=1S/C21H19N3O3S/c1-2-24-19(18(23-21(24)28)15-5-3-4-12-22-15)17-11-10-16(27-17)13-6-8-14(9-7-13)20(25)26/h3-12,18-19H,2H2,1H3,(H,23,28)(H,25,26)/t18-,19-/m0/s1. The molecule has 0 spiro atoms. The monoisotopic (exact) mass is 393 g/mol. The molecule has 0 amide bonds. The van der Waals surface area contributed by atoms with E-state index in [1.54, 1.807) is 30.5 Å². The summed E-state index contributed by atoms with van der Waals surface area (Å²) in [6.07, 6.45) is 1.77. The number of pyridine rings is 1. The highest BCUT2D eigenvalue weighted by molar-refractivity contribution is 7.80. The van der Waals surface area contributed by atoms with Gasteiger partial charge in [-0.3, -0.25) is 4.98 Å². The highest BCUT2D eigenvalue weighted by Crippen LogP contribution is 2.40. The summed E-state index contributed by atoms with van der Waals surface area (Å²) in [6.45, 7) is 2.79. The van der Waals surface area contributed by atoms with Gasteiger partial charge in [-0.2, -0.15) is 0 Å². The summed E-state index contributed by atoms with van der Waals surface area (Å²) < 4.78 is 6.17.